The maximum Gasteiger partial charge on any atom is 0.343 e. The molecule has 5 heteroatoms. The minimum atomic E-state index is -0.590. The Morgan fingerprint density at radius 1 is 0.750 bits per heavy atom. The van der Waals surface area contributed by atoms with Gasteiger partial charge in [-0.3, -0.25) is 0 Å². The lowest BCUT2D eigenvalue weighted by molar-refractivity contribution is 0.0728. The van der Waals surface area contributed by atoms with Gasteiger partial charge in [0.1, 0.15) is 0 Å². The molecule has 4 nitrogen and oxygen atoms in total. The SMILES string of the molecule is CCCCCCCCc1ccc(OC(=O)c2ccc(-c3ncc(CCCCCC)cn3)cc2)c(F)c1. The van der Waals surface area contributed by atoms with Crippen molar-refractivity contribution in [3.05, 3.63) is 77.4 Å². The van der Waals surface area contributed by atoms with Gasteiger partial charge in [-0.15, -0.1) is 0 Å². The van der Waals surface area contributed by atoms with Gasteiger partial charge in [-0.1, -0.05) is 83.4 Å². The van der Waals surface area contributed by atoms with Crippen LogP contribution in [0.5, 0.6) is 5.75 Å². The lowest BCUT2D eigenvalue weighted by Gasteiger charge is -2.08. The van der Waals surface area contributed by atoms with E-state index in [0.717, 1.165) is 48.8 Å². The van der Waals surface area contributed by atoms with Crippen LogP contribution in [0.4, 0.5) is 4.39 Å². The second-order valence-electron chi connectivity index (χ2n) is 9.47. The Bertz CT molecular complexity index is 1060. The number of nitrogens with zero attached hydrogens (tertiary/aromatic N) is 2. The van der Waals surface area contributed by atoms with Crippen molar-refractivity contribution in [2.24, 2.45) is 0 Å². The Kier molecular flexibility index (Phi) is 11.6. The van der Waals surface area contributed by atoms with Crippen molar-refractivity contribution in [2.45, 2.75) is 90.9 Å². The van der Waals surface area contributed by atoms with E-state index in [0.29, 0.717) is 11.4 Å². The van der Waals surface area contributed by atoms with E-state index in [2.05, 4.69) is 23.8 Å². The van der Waals surface area contributed by atoms with E-state index >= 15 is 0 Å². The Labute approximate surface area is 215 Å². The number of carbonyl (C=O) groups is 1. The average molecular weight is 491 g/mol. The van der Waals surface area contributed by atoms with Crippen LogP contribution in [0.25, 0.3) is 11.4 Å². The number of halogens is 1. The summed E-state index contributed by atoms with van der Waals surface area (Å²) in [6.45, 7) is 4.41. The Balaban J connectivity index is 1.51. The van der Waals surface area contributed by atoms with Crippen LogP contribution < -0.4 is 4.74 Å². The van der Waals surface area contributed by atoms with E-state index < -0.39 is 11.8 Å². The van der Waals surface area contributed by atoms with Crippen LogP contribution in [-0.2, 0) is 12.8 Å². The van der Waals surface area contributed by atoms with Gasteiger partial charge in [0.2, 0.25) is 0 Å². The number of hydrogen-bond acceptors (Lipinski definition) is 4. The molecule has 36 heavy (non-hydrogen) atoms. The van der Waals surface area contributed by atoms with Crippen molar-refractivity contribution in [1.82, 2.24) is 9.97 Å². The van der Waals surface area contributed by atoms with E-state index in [1.807, 2.05) is 18.5 Å². The molecule has 2 aromatic carbocycles. The van der Waals surface area contributed by atoms with Gasteiger partial charge in [-0.05, 0) is 61.1 Å². The first-order valence-corrected chi connectivity index (χ1v) is 13.5. The number of ether oxygens (including phenoxy) is 1. The molecular weight excluding hydrogens is 451 g/mol. The molecule has 3 rings (SSSR count). The number of rotatable bonds is 15. The van der Waals surface area contributed by atoms with E-state index in [-0.39, 0.29) is 5.75 Å². The van der Waals surface area contributed by atoms with Gasteiger partial charge >= 0.3 is 5.97 Å². The summed E-state index contributed by atoms with van der Waals surface area (Å²) in [7, 11) is 0. The molecule has 0 unspecified atom stereocenters. The number of unbranched alkanes of at least 4 members (excludes halogenated alkanes) is 8. The van der Waals surface area contributed by atoms with Crippen molar-refractivity contribution in [1.29, 1.82) is 0 Å². The van der Waals surface area contributed by atoms with Gasteiger partial charge in [0.25, 0.3) is 0 Å². The largest absolute Gasteiger partial charge is 0.420 e. The second kappa shape index (κ2) is 15.1. The van der Waals surface area contributed by atoms with Gasteiger partial charge in [0.15, 0.2) is 17.4 Å². The number of benzene rings is 2. The third-order valence-electron chi connectivity index (χ3n) is 6.42. The average Bonchev–Trinajstić information content (AvgIpc) is 2.90. The van der Waals surface area contributed by atoms with E-state index in [1.54, 1.807) is 30.3 Å². The smallest absolute Gasteiger partial charge is 0.343 e. The monoisotopic (exact) mass is 490 g/mol. The Morgan fingerprint density at radius 2 is 1.33 bits per heavy atom. The standard InChI is InChI=1S/C31H39FN2O2/c1-3-5-7-9-10-12-13-24-15-20-29(28(32)21-24)36-31(35)27-18-16-26(17-19-27)30-33-22-25(23-34-30)14-11-8-6-4-2/h15-23H,3-14H2,1-2H3. The summed E-state index contributed by atoms with van der Waals surface area (Å²) in [6.07, 6.45) is 17.6. The Hall–Kier alpha value is -3.08. The molecule has 0 N–H and O–H groups in total. The zero-order valence-electron chi connectivity index (χ0n) is 21.8. The first-order valence-electron chi connectivity index (χ1n) is 13.5. The summed E-state index contributed by atoms with van der Waals surface area (Å²) in [5, 5.41) is 0. The molecule has 0 amide bonds. The summed E-state index contributed by atoms with van der Waals surface area (Å²) in [5.41, 5.74) is 3.23. The molecule has 0 aliphatic heterocycles. The van der Waals surface area contributed by atoms with Crippen molar-refractivity contribution in [3.63, 3.8) is 0 Å². The van der Waals surface area contributed by atoms with E-state index in [9.17, 15) is 9.18 Å². The van der Waals surface area contributed by atoms with Crippen LogP contribution in [-0.4, -0.2) is 15.9 Å². The predicted octanol–water partition coefficient (Wildman–Crippen LogP) is 8.53. The first kappa shape index (κ1) is 27.5. The fourth-order valence-corrected chi connectivity index (χ4v) is 4.20. The van der Waals surface area contributed by atoms with Gasteiger partial charge < -0.3 is 4.74 Å². The predicted molar refractivity (Wildman–Crippen MR) is 144 cm³/mol. The third kappa shape index (κ3) is 8.85. The molecule has 0 aliphatic rings. The number of aromatic nitrogens is 2. The summed E-state index contributed by atoms with van der Waals surface area (Å²) < 4.78 is 19.9. The zero-order chi connectivity index (χ0) is 25.6. The summed E-state index contributed by atoms with van der Waals surface area (Å²) in [5.74, 6) is -0.535. The maximum atomic E-state index is 14.5. The fourth-order valence-electron chi connectivity index (χ4n) is 4.20. The first-order chi connectivity index (χ1) is 17.6. The maximum absolute atomic E-state index is 14.5. The van der Waals surface area contributed by atoms with Gasteiger partial charge in [-0.2, -0.15) is 0 Å². The van der Waals surface area contributed by atoms with E-state index in [1.165, 1.54) is 51.0 Å². The fraction of sp³-hybridized carbons (Fsp3) is 0.452. The lowest BCUT2D eigenvalue weighted by atomic mass is 10.0. The van der Waals surface area contributed by atoms with Crippen molar-refractivity contribution in [3.8, 4) is 17.1 Å². The molecule has 0 spiro atoms. The van der Waals surface area contributed by atoms with Crippen LogP contribution in [0.15, 0.2) is 54.9 Å². The molecule has 0 radical (unpaired) electrons. The highest BCUT2D eigenvalue weighted by molar-refractivity contribution is 5.91. The van der Waals surface area contributed by atoms with Crippen LogP contribution in [0.1, 0.15) is 99.5 Å². The van der Waals surface area contributed by atoms with Crippen LogP contribution in [0, 0.1) is 5.82 Å². The molecule has 0 bridgehead atoms. The van der Waals surface area contributed by atoms with Gasteiger partial charge in [0.05, 0.1) is 5.56 Å². The van der Waals surface area contributed by atoms with E-state index in [4.69, 9.17) is 4.74 Å². The van der Waals surface area contributed by atoms with Gasteiger partial charge in [0, 0.05) is 18.0 Å². The summed E-state index contributed by atoms with van der Waals surface area (Å²) >= 11 is 0. The van der Waals surface area contributed by atoms with Crippen molar-refractivity contribution in [2.75, 3.05) is 0 Å². The molecule has 3 aromatic rings. The number of esters is 1. The van der Waals surface area contributed by atoms with Gasteiger partial charge in [-0.25, -0.2) is 19.2 Å². The summed E-state index contributed by atoms with van der Waals surface area (Å²) in [6, 6.07) is 11.7. The quantitative estimate of drug-likeness (QED) is 0.122. The second-order valence-corrected chi connectivity index (χ2v) is 9.47. The highest BCUT2D eigenvalue weighted by Gasteiger charge is 2.13. The minimum absolute atomic E-state index is 0.0476. The molecule has 0 atom stereocenters. The summed E-state index contributed by atoms with van der Waals surface area (Å²) in [4.78, 5) is 21.5. The molecule has 192 valence electrons. The molecule has 0 saturated heterocycles. The Morgan fingerprint density at radius 3 is 1.97 bits per heavy atom. The minimum Gasteiger partial charge on any atom is -0.420 e. The number of aryl methyl sites for hydroxylation is 2. The molecule has 0 fully saturated rings. The highest BCUT2D eigenvalue weighted by Crippen LogP contribution is 2.22. The topological polar surface area (TPSA) is 52.1 Å². The molecule has 1 heterocycles. The van der Waals surface area contributed by atoms with Crippen LogP contribution >= 0.6 is 0 Å². The third-order valence-corrected chi connectivity index (χ3v) is 6.42. The zero-order valence-corrected chi connectivity index (χ0v) is 21.8. The molecule has 1 aromatic heterocycles. The molecule has 0 aliphatic carbocycles. The number of carbonyl (C=O) groups excluding carboxylic acids is 1. The van der Waals surface area contributed by atoms with Crippen molar-refractivity contribution < 1.29 is 13.9 Å². The normalized spacial score (nSPS) is 11.0. The van der Waals surface area contributed by atoms with Crippen molar-refractivity contribution >= 4 is 5.97 Å². The number of hydrogen-bond donors (Lipinski definition) is 0. The highest BCUT2D eigenvalue weighted by atomic mass is 19.1. The molecular formula is C31H39FN2O2. The molecule has 0 saturated carbocycles. The lowest BCUT2D eigenvalue weighted by Crippen LogP contribution is -2.09. The van der Waals surface area contributed by atoms with Crippen LogP contribution in [0.3, 0.4) is 0 Å². The van der Waals surface area contributed by atoms with Crippen LogP contribution in [0.2, 0.25) is 0 Å².